The molecule has 116 valence electrons. The van der Waals surface area contributed by atoms with E-state index in [1.807, 2.05) is 0 Å². The first kappa shape index (κ1) is 15.8. The molecule has 21 heavy (non-hydrogen) atoms. The molecule has 0 aliphatic carbocycles. The number of amides is 1. The molecule has 6 nitrogen and oxygen atoms in total. The number of sulfonamides is 1. The van der Waals surface area contributed by atoms with Crippen LogP contribution >= 0.6 is 0 Å². The summed E-state index contributed by atoms with van der Waals surface area (Å²) in [5, 5.41) is 6.06. The fraction of sp³-hybridized carbons (Fsp3) is 0.500. The van der Waals surface area contributed by atoms with Crippen molar-refractivity contribution in [2.24, 2.45) is 0 Å². The van der Waals surface area contributed by atoms with E-state index < -0.39 is 10.0 Å². The number of hydrogen-bond acceptors (Lipinski definition) is 4. The van der Waals surface area contributed by atoms with Crippen molar-refractivity contribution in [2.75, 3.05) is 22.8 Å². The molecule has 1 unspecified atom stereocenters. The van der Waals surface area contributed by atoms with Crippen LogP contribution in [-0.4, -0.2) is 33.2 Å². The average molecular weight is 311 g/mol. The minimum absolute atomic E-state index is 0.0756. The van der Waals surface area contributed by atoms with E-state index in [9.17, 15) is 13.2 Å². The summed E-state index contributed by atoms with van der Waals surface area (Å²) in [5.41, 5.74) is 1.02. The second-order valence-electron chi connectivity index (χ2n) is 5.30. The Hall–Kier alpha value is -1.60. The standard InChI is InChI=1S/C14H21N3O3S/c1-21(19,20)17-12-7-5-6-11(10-12)16-14(18)13-8-3-2-4-9-15-13/h5-7,10,13,15,17H,2-4,8-9H2,1H3,(H,16,18). The molecule has 0 bridgehead atoms. The van der Waals surface area contributed by atoms with Crippen molar-refractivity contribution in [3.63, 3.8) is 0 Å². The zero-order valence-corrected chi connectivity index (χ0v) is 12.9. The number of hydrogen-bond donors (Lipinski definition) is 3. The Bertz CT molecular complexity index is 593. The number of nitrogens with one attached hydrogen (secondary N) is 3. The third-order valence-electron chi connectivity index (χ3n) is 3.31. The lowest BCUT2D eigenvalue weighted by atomic mass is 10.1. The number of carbonyl (C=O) groups is 1. The molecule has 3 N–H and O–H groups in total. The van der Waals surface area contributed by atoms with E-state index in [1.54, 1.807) is 24.3 Å². The molecule has 1 heterocycles. The fourth-order valence-electron chi connectivity index (χ4n) is 2.36. The van der Waals surface area contributed by atoms with Crippen molar-refractivity contribution in [1.82, 2.24) is 5.32 Å². The monoisotopic (exact) mass is 311 g/mol. The average Bonchev–Trinajstić information content (AvgIpc) is 2.65. The second kappa shape index (κ2) is 6.91. The highest BCUT2D eigenvalue weighted by Gasteiger charge is 2.19. The molecular weight excluding hydrogens is 290 g/mol. The summed E-state index contributed by atoms with van der Waals surface area (Å²) in [7, 11) is -3.32. The molecule has 1 saturated heterocycles. The molecule has 0 aromatic heterocycles. The van der Waals surface area contributed by atoms with Gasteiger partial charge in [-0.2, -0.15) is 0 Å². The summed E-state index contributed by atoms with van der Waals surface area (Å²) in [6.45, 7) is 0.855. The van der Waals surface area contributed by atoms with Gasteiger partial charge in [0, 0.05) is 5.69 Å². The van der Waals surface area contributed by atoms with Crippen molar-refractivity contribution >= 4 is 27.3 Å². The van der Waals surface area contributed by atoms with Crippen LogP contribution in [0.3, 0.4) is 0 Å². The Morgan fingerprint density at radius 2 is 2.00 bits per heavy atom. The molecule has 1 amide bonds. The van der Waals surface area contributed by atoms with Gasteiger partial charge in [0.05, 0.1) is 18.0 Å². The summed E-state index contributed by atoms with van der Waals surface area (Å²) < 4.78 is 24.8. The smallest absolute Gasteiger partial charge is 0.241 e. The number of rotatable bonds is 4. The van der Waals surface area contributed by atoms with Gasteiger partial charge in [-0.05, 0) is 37.6 Å². The van der Waals surface area contributed by atoms with Gasteiger partial charge in [-0.15, -0.1) is 0 Å². The van der Waals surface area contributed by atoms with Crippen molar-refractivity contribution in [3.8, 4) is 0 Å². The maximum Gasteiger partial charge on any atom is 0.241 e. The molecule has 0 spiro atoms. The highest BCUT2D eigenvalue weighted by molar-refractivity contribution is 7.92. The van der Waals surface area contributed by atoms with Crippen LogP contribution in [0.4, 0.5) is 11.4 Å². The summed E-state index contributed by atoms with van der Waals surface area (Å²) in [6.07, 6.45) is 5.20. The lowest BCUT2D eigenvalue weighted by Crippen LogP contribution is -2.39. The fourth-order valence-corrected chi connectivity index (χ4v) is 2.91. The van der Waals surface area contributed by atoms with Gasteiger partial charge in [-0.1, -0.05) is 18.9 Å². The Labute approximate surface area is 125 Å². The molecule has 1 aliphatic rings. The molecule has 1 aromatic carbocycles. The van der Waals surface area contributed by atoms with E-state index in [2.05, 4.69) is 15.4 Å². The predicted octanol–water partition coefficient (Wildman–Crippen LogP) is 1.53. The first-order valence-corrected chi connectivity index (χ1v) is 8.95. The van der Waals surface area contributed by atoms with Gasteiger partial charge >= 0.3 is 0 Å². The van der Waals surface area contributed by atoms with Crippen LogP contribution in [0.15, 0.2) is 24.3 Å². The molecule has 1 aliphatic heterocycles. The van der Waals surface area contributed by atoms with Crippen molar-refractivity contribution in [1.29, 1.82) is 0 Å². The van der Waals surface area contributed by atoms with Crippen LogP contribution < -0.4 is 15.4 Å². The van der Waals surface area contributed by atoms with Crippen LogP contribution in [-0.2, 0) is 14.8 Å². The SMILES string of the molecule is CS(=O)(=O)Nc1cccc(NC(=O)C2CCCCCN2)c1. The maximum atomic E-state index is 12.2. The van der Waals surface area contributed by atoms with Gasteiger partial charge in [0.15, 0.2) is 0 Å². The van der Waals surface area contributed by atoms with E-state index in [-0.39, 0.29) is 11.9 Å². The van der Waals surface area contributed by atoms with Gasteiger partial charge in [0.1, 0.15) is 0 Å². The first-order chi connectivity index (χ1) is 9.94. The van der Waals surface area contributed by atoms with Gasteiger partial charge in [-0.25, -0.2) is 8.42 Å². The molecule has 0 radical (unpaired) electrons. The summed E-state index contributed by atoms with van der Waals surface area (Å²) in [6, 6.07) is 6.50. The number of anilines is 2. The van der Waals surface area contributed by atoms with Gasteiger partial charge < -0.3 is 10.6 Å². The quantitative estimate of drug-likeness (QED) is 0.787. The zero-order valence-electron chi connectivity index (χ0n) is 12.1. The van der Waals surface area contributed by atoms with Gasteiger partial charge in [-0.3, -0.25) is 9.52 Å². The van der Waals surface area contributed by atoms with Crippen LogP contribution in [0.5, 0.6) is 0 Å². The Morgan fingerprint density at radius 3 is 2.76 bits per heavy atom. The van der Waals surface area contributed by atoms with Crippen LogP contribution in [0, 0.1) is 0 Å². The first-order valence-electron chi connectivity index (χ1n) is 7.06. The largest absolute Gasteiger partial charge is 0.325 e. The Balaban J connectivity index is 2.01. The third kappa shape index (κ3) is 5.35. The van der Waals surface area contributed by atoms with Gasteiger partial charge in [0.25, 0.3) is 0 Å². The van der Waals surface area contributed by atoms with E-state index in [1.165, 1.54) is 0 Å². The number of carbonyl (C=O) groups excluding carboxylic acids is 1. The second-order valence-corrected chi connectivity index (χ2v) is 7.05. The molecule has 7 heteroatoms. The minimum Gasteiger partial charge on any atom is -0.325 e. The van der Waals surface area contributed by atoms with Crippen molar-refractivity contribution in [2.45, 2.75) is 31.7 Å². The van der Waals surface area contributed by atoms with Crippen LogP contribution in [0.25, 0.3) is 0 Å². The minimum atomic E-state index is -3.32. The van der Waals surface area contributed by atoms with Crippen molar-refractivity contribution in [3.05, 3.63) is 24.3 Å². The summed E-state index contributed by atoms with van der Waals surface area (Å²) in [5.74, 6) is -0.0756. The molecular formula is C14H21N3O3S. The van der Waals surface area contributed by atoms with E-state index >= 15 is 0 Å². The highest BCUT2D eigenvalue weighted by atomic mass is 32.2. The molecule has 0 saturated carbocycles. The van der Waals surface area contributed by atoms with Crippen LogP contribution in [0.1, 0.15) is 25.7 Å². The lowest BCUT2D eigenvalue weighted by Gasteiger charge is -2.16. The normalized spacial score (nSPS) is 19.6. The highest BCUT2D eigenvalue weighted by Crippen LogP contribution is 2.17. The van der Waals surface area contributed by atoms with E-state index in [0.29, 0.717) is 11.4 Å². The topological polar surface area (TPSA) is 87.3 Å². The van der Waals surface area contributed by atoms with Crippen molar-refractivity contribution < 1.29 is 13.2 Å². The number of benzene rings is 1. The summed E-state index contributed by atoms with van der Waals surface area (Å²) >= 11 is 0. The molecule has 1 aromatic rings. The summed E-state index contributed by atoms with van der Waals surface area (Å²) in [4.78, 5) is 12.2. The zero-order chi connectivity index (χ0) is 15.3. The third-order valence-corrected chi connectivity index (χ3v) is 3.92. The molecule has 1 atom stereocenters. The van der Waals surface area contributed by atoms with Gasteiger partial charge in [0.2, 0.25) is 15.9 Å². The van der Waals surface area contributed by atoms with Crippen LogP contribution in [0.2, 0.25) is 0 Å². The molecule has 1 fully saturated rings. The Kier molecular flexibility index (Phi) is 5.19. The van der Waals surface area contributed by atoms with E-state index in [4.69, 9.17) is 0 Å². The lowest BCUT2D eigenvalue weighted by molar-refractivity contribution is -0.118. The predicted molar refractivity (Wildman–Crippen MR) is 83.8 cm³/mol. The molecule has 2 rings (SSSR count). The Morgan fingerprint density at radius 1 is 1.24 bits per heavy atom. The maximum absolute atomic E-state index is 12.2. The van der Waals surface area contributed by atoms with E-state index in [0.717, 1.165) is 38.5 Å².